The predicted molar refractivity (Wildman–Crippen MR) is 165 cm³/mol. The molecule has 0 heterocycles. The van der Waals surface area contributed by atoms with Crippen LogP contribution in [0, 0.1) is 0 Å². The van der Waals surface area contributed by atoms with Gasteiger partial charge in [0.25, 0.3) is 8.32 Å². The minimum Gasteiger partial charge on any atom is -0.508 e. The first-order valence-corrected chi connectivity index (χ1v) is 19.6. The summed E-state index contributed by atoms with van der Waals surface area (Å²) in [6.45, 7) is 16.8. The summed E-state index contributed by atoms with van der Waals surface area (Å²) in [4.78, 5) is 0. The number of rotatable bonds is 13. The van der Waals surface area contributed by atoms with Crippen LogP contribution in [0.4, 0.5) is 0 Å². The standard InChI is InChI=1S/C33H48O2Si2/c1-8-26-33(11-4,36(5,6)7)35-37(29-21-14-12-15-22-29,30-23-16-13-17-24-30)32(9-2,10-3)27-28-20-18-19-25-31(28)34/h12-25,34H,8-11,26-27H2,1-7H3. The van der Waals surface area contributed by atoms with E-state index in [9.17, 15) is 5.11 Å². The van der Waals surface area contributed by atoms with E-state index in [1.807, 2.05) is 12.1 Å². The fraction of sp³-hybridized carbons (Fsp3) is 0.455. The largest absolute Gasteiger partial charge is 0.508 e. The van der Waals surface area contributed by atoms with E-state index < -0.39 is 16.4 Å². The summed E-state index contributed by atoms with van der Waals surface area (Å²) in [5, 5.41) is 13.3. The first-order valence-electron chi connectivity index (χ1n) is 14.2. The molecule has 3 rings (SSSR count). The molecule has 1 atom stereocenters. The number of hydrogen-bond donors (Lipinski definition) is 1. The molecule has 2 nitrogen and oxygen atoms in total. The molecule has 1 N–H and O–H groups in total. The van der Waals surface area contributed by atoms with Crippen LogP contribution >= 0.6 is 0 Å². The summed E-state index contributed by atoms with van der Waals surface area (Å²) >= 11 is 0. The summed E-state index contributed by atoms with van der Waals surface area (Å²) in [6, 6.07) is 30.1. The van der Waals surface area contributed by atoms with Gasteiger partial charge in [-0.05, 0) is 54.1 Å². The van der Waals surface area contributed by atoms with Crippen LogP contribution in [-0.4, -0.2) is 26.7 Å². The van der Waals surface area contributed by atoms with Gasteiger partial charge in [0.2, 0.25) is 0 Å². The van der Waals surface area contributed by atoms with E-state index in [-0.39, 0.29) is 10.3 Å². The third-order valence-electron chi connectivity index (χ3n) is 8.92. The van der Waals surface area contributed by atoms with Gasteiger partial charge in [0.1, 0.15) is 5.75 Å². The van der Waals surface area contributed by atoms with Crippen molar-refractivity contribution in [3.05, 3.63) is 90.5 Å². The van der Waals surface area contributed by atoms with E-state index in [1.54, 1.807) is 0 Å². The average molecular weight is 533 g/mol. The SMILES string of the molecule is CCCC(CC)(O[Si](c1ccccc1)(c1ccccc1)C(CC)(CC)Cc1ccccc1O)[Si](C)(C)C. The first kappa shape index (κ1) is 29.4. The van der Waals surface area contributed by atoms with Crippen molar-refractivity contribution in [2.75, 3.05) is 0 Å². The topological polar surface area (TPSA) is 29.5 Å². The summed E-state index contributed by atoms with van der Waals surface area (Å²) in [5.41, 5.74) is 1.02. The lowest BCUT2D eigenvalue weighted by molar-refractivity contribution is 0.111. The van der Waals surface area contributed by atoms with Crippen LogP contribution in [-0.2, 0) is 10.8 Å². The highest BCUT2D eigenvalue weighted by atomic mass is 28.4. The maximum atomic E-state index is 10.9. The van der Waals surface area contributed by atoms with Crippen LogP contribution in [0.1, 0.15) is 65.4 Å². The smallest absolute Gasteiger partial charge is 0.262 e. The van der Waals surface area contributed by atoms with Gasteiger partial charge in [-0.3, -0.25) is 0 Å². The van der Waals surface area contributed by atoms with Gasteiger partial charge < -0.3 is 9.53 Å². The monoisotopic (exact) mass is 532 g/mol. The van der Waals surface area contributed by atoms with Crippen molar-refractivity contribution >= 4 is 26.8 Å². The highest BCUT2D eigenvalue weighted by Gasteiger charge is 2.60. The van der Waals surface area contributed by atoms with Crippen LogP contribution < -0.4 is 10.4 Å². The van der Waals surface area contributed by atoms with Gasteiger partial charge in [-0.2, -0.15) is 0 Å². The van der Waals surface area contributed by atoms with Gasteiger partial charge in [0.05, 0.1) is 8.07 Å². The number of benzene rings is 3. The zero-order chi connectivity index (χ0) is 27.2. The zero-order valence-electron chi connectivity index (χ0n) is 24.2. The Morgan fingerprint density at radius 3 is 1.57 bits per heavy atom. The van der Waals surface area contributed by atoms with Gasteiger partial charge in [0, 0.05) is 10.3 Å². The molecule has 1 unspecified atom stereocenters. The first-order chi connectivity index (χ1) is 17.6. The van der Waals surface area contributed by atoms with Gasteiger partial charge in [-0.25, -0.2) is 0 Å². The zero-order valence-corrected chi connectivity index (χ0v) is 26.2. The van der Waals surface area contributed by atoms with Crippen molar-refractivity contribution in [1.29, 1.82) is 0 Å². The molecule has 0 aliphatic rings. The Kier molecular flexibility index (Phi) is 9.65. The van der Waals surface area contributed by atoms with Gasteiger partial charge >= 0.3 is 0 Å². The summed E-state index contributed by atoms with van der Waals surface area (Å²) < 4.78 is 8.13. The molecule has 3 aromatic rings. The van der Waals surface area contributed by atoms with E-state index in [0.717, 1.165) is 44.1 Å². The van der Waals surface area contributed by atoms with Crippen molar-refractivity contribution in [1.82, 2.24) is 0 Å². The number of phenols is 1. The molecular weight excluding hydrogens is 485 g/mol. The molecule has 0 spiro atoms. The van der Waals surface area contributed by atoms with E-state index in [0.29, 0.717) is 5.75 Å². The molecule has 0 saturated carbocycles. The highest BCUT2D eigenvalue weighted by Crippen LogP contribution is 2.52. The van der Waals surface area contributed by atoms with Crippen LogP contribution in [0.3, 0.4) is 0 Å². The molecule has 37 heavy (non-hydrogen) atoms. The Labute approximate surface area is 228 Å². The second-order valence-corrected chi connectivity index (χ2v) is 20.8. The minimum atomic E-state index is -2.91. The fourth-order valence-electron chi connectivity index (χ4n) is 6.55. The molecule has 4 heteroatoms. The van der Waals surface area contributed by atoms with E-state index in [2.05, 4.69) is 120 Å². The van der Waals surface area contributed by atoms with Crippen molar-refractivity contribution in [3.63, 3.8) is 0 Å². The molecule has 0 saturated heterocycles. The Morgan fingerprint density at radius 1 is 0.676 bits per heavy atom. The van der Waals surface area contributed by atoms with Crippen molar-refractivity contribution < 1.29 is 9.53 Å². The molecule has 3 aromatic carbocycles. The Balaban J connectivity index is 2.46. The van der Waals surface area contributed by atoms with Crippen LogP contribution in [0.2, 0.25) is 24.7 Å². The van der Waals surface area contributed by atoms with Crippen LogP contribution in [0.25, 0.3) is 0 Å². The molecule has 0 amide bonds. The summed E-state index contributed by atoms with van der Waals surface area (Å²) in [5.74, 6) is 0.387. The number of phenolic OH excluding ortho intramolecular Hbond substituents is 1. The van der Waals surface area contributed by atoms with Crippen molar-refractivity contribution in [3.8, 4) is 5.75 Å². The maximum Gasteiger partial charge on any atom is 0.262 e. The highest BCUT2D eigenvalue weighted by molar-refractivity contribution is 7.00. The third-order valence-corrected chi connectivity index (χ3v) is 17.9. The lowest BCUT2D eigenvalue weighted by Gasteiger charge is -2.56. The lowest BCUT2D eigenvalue weighted by atomic mass is 9.92. The van der Waals surface area contributed by atoms with E-state index >= 15 is 0 Å². The predicted octanol–water partition coefficient (Wildman–Crippen LogP) is 8.10. The molecule has 0 aromatic heterocycles. The number of aromatic hydroxyl groups is 1. The summed E-state index contributed by atoms with van der Waals surface area (Å²) in [7, 11) is -4.69. The van der Waals surface area contributed by atoms with Crippen LogP contribution in [0.5, 0.6) is 5.75 Å². The molecular formula is C33H48O2Si2. The van der Waals surface area contributed by atoms with Crippen molar-refractivity contribution in [2.24, 2.45) is 0 Å². The number of hydrogen-bond acceptors (Lipinski definition) is 2. The Morgan fingerprint density at radius 2 is 1.16 bits per heavy atom. The van der Waals surface area contributed by atoms with Crippen molar-refractivity contribution in [2.45, 2.75) is 96.1 Å². The molecule has 0 bridgehead atoms. The molecule has 0 fully saturated rings. The maximum absolute atomic E-state index is 10.9. The average Bonchev–Trinajstić information content (AvgIpc) is 2.91. The molecule has 200 valence electrons. The fourth-order valence-corrected chi connectivity index (χ4v) is 15.9. The van der Waals surface area contributed by atoms with Gasteiger partial charge in [0.15, 0.2) is 0 Å². The second-order valence-electron chi connectivity index (χ2n) is 11.7. The number of para-hydroxylation sites is 1. The van der Waals surface area contributed by atoms with E-state index in [4.69, 9.17) is 4.43 Å². The lowest BCUT2D eigenvalue weighted by Crippen LogP contribution is -2.74. The normalized spacial score (nSPS) is 14.4. The molecule has 0 radical (unpaired) electrons. The quantitative estimate of drug-likeness (QED) is 0.225. The Bertz CT molecular complexity index is 1060. The minimum absolute atomic E-state index is 0.145. The second kappa shape index (κ2) is 12.1. The van der Waals surface area contributed by atoms with Crippen LogP contribution in [0.15, 0.2) is 84.9 Å². The third kappa shape index (κ3) is 5.52. The Hall–Kier alpha value is -2.15. The summed E-state index contributed by atoms with van der Waals surface area (Å²) in [6.07, 6.45) is 5.95. The molecule has 0 aliphatic heterocycles. The van der Waals surface area contributed by atoms with E-state index in [1.165, 1.54) is 10.4 Å². The van der Waals surface area contributed by atoms with Gasteiger partial charge in [-0.15, -0.1) is 0 Å². The molecule has 0 aliphatic carbocycles. The van der Waals surface area contributed by atoms with Gasteiger partial charge in [-0.1, -0.05) is 133 Å².